The number of pyridine rings is 1. The number of rotatable bonds is 2. The number of hydrogen-bond acceptors (Lipinski definition) is 4. The third-order valence-corrected chi connectivity index (χ3v) is 3.76. The SMILES string of the molecule is CC.CN(C)c1ccc(C#N)cc1.O=Cc1ccn2ncc(Br)c2c1. The Morgan fingerprint density at radius 2 is 1.84 bits per heavy atom. The van der Waals surface area contributed by atoms with Crippen molar-refractivity contribution in [2.24, 2.45) is 0 Å². The van der Waals surface area contributed by atoms with E-state index >= 15 is 0 Å². The highest BCUT2D eigenvalue weighted by Crippen LogP contribution is 2.17. The maximum absolute atomic E-state index is 10.4. The average molecular weight is 401 g/mol. The van der Waals surface area contributed by atoms with E-state index in [4.69, 9.17) is 5.26 Å². The Kier molecular flexibility index (Phi) is 8.37. The number of fused-ring (bicyclic) bond motifs is 1. The number of aromatic nitrogens is 2. The summed E-state index contributed by atoms with van der Waals surface area (Å²) < 4.78 is 2.60. The number of nitriles is 1. The van der Waals surface area contributed by atoms with Gasteiger partial charge in [0, 0.05) is 31.5 Å². The van der Waals surface area contributed by atoms with Crippen LogP contribution < -0.4 is 4.90 Å². The molecule has 0 aliphatic carbocycles. The van der Waals surface area contributed by atoms with E-state index in [0.717, 1.165) is 22.0 Å². The van der Waals surface area contributed by atoms with Gasteiger partial charge in [0.2, 0.25) is 0 Å². The summed E-state index contributed by atoms with van der Waals surface area (Å²) in [5.74, 6) is 0. The van der Waals surface area contributed by atoms with Gasteiger partial charge in [-0.05, 0) is 52.3 Å². The third kappa shape index (κ3) is 5.73. The molecule has 2 aromatic heterocycles. The Bertz CT molecular complexity index is 848. The van der Waals surface area contributed by atoms with Gasteiger partial charge in [-0.1, -0.05) is 13.8 Å². The molecule has 0 unspecified atom stereocenters. The molecule has 3 aromatic rings. The number of benzene rings is 1. The van der Waals surface area contributed by atoms with Crippen molar-refractivity contribution in [3.05, 3.63) is 64.4 Å². The van der Waals surface area contributed by atoms with E-state index in [9.17, 15) is 4.79 Å². The molecule has 2 heterocycles. The number of halogens is 1. The van der Waals surface area contributed by atoms with Crippen molar-refractivity contribution in [1.29, 1.82) is 5.26 Å². The van der Waals surface area contributed by atoms with Crippen molar-refractivity contribution in [2.75, 3.05) is 19.0 Å². The fourth-order valence-corrected chi connectivity index (χ4v) is 2.26. The minimum absolute atomic E-state index is 0.656. The Labute approximate surface area is 156 Å². The van der Waals surface area contributed by atoms with Gasteiger partial charge in [-0.3, -0.25) is 4.79 Å². The van der Waals surface area contributed by atoms with Crippen LogP contribution in [-0.2, 0) is 0 Å². The van der Waals surface area contributed by atoms with Crippen LogP contribution >= 0.6 is 15.9 Å². The average Bonchev–Trinajstić information content (AvgIpc) is 3.04. The second kappa shape index (κ2) is 10.3. The molecule has 0 aliphatic heterocycles. The van der Waals surface area contributed by atoms with Crippen molar-refractivity contribution in [3.8, 4) is 6.07 Å². The summed E-state index contributed by atoms with van der Waals surface area (Å²) in [5.41, 5.74) is 3.38. The molecule has 130 valence electrons. The molecule has 0 spiro atoms. The van der Waals surface area contributed by atoms with Crippen molar-refractivity contribution in [2.45, 2.75) is 13.8 Å². The first-order chi connectivity index (χ1) is 12.0. The van der Waals surface area contributed by atoms with Crippen LogP contribution in [0.25, 0.3) is 5.52 Å². The van der Waals surface area contributed by atoms with Gasteiger partial charge in [-0.25, -0.2) is 4.52 Å². The molecule has 5 nitrogen and oxygen atoms in total. The van der Waals surface area contributed by atoms with Crippen LogP contribution in [0.2, 0.25) is 0 Å². The van der Waals surface area contributed by atoms with Gasteiger partial charge >= 0.3 is 0 Å². The third-order valence-electron chi connectivity index (χ3n) is 3.15. The number of carbonyl (C=O) groups excluding carboxylic acids is 1. The molecule has 1 aromatic carbocycles. The first-order valence-corrected chi connectivity index (χ1v) is 8.60. The van der Waals surface area contributed by atoms with E-state index in [1.807, 2.05) is 57.1 Å². The number of aldehydes is 1. The lowest BCUT2D eigenvalue weighted by atomic mass is 10.2. The normalized spacial score (nSPS) is 9.12. The largest absolute Gasteiger partial charge is 0.378 e. The standard InChI is InChI=1S/C9H10N2.C8H5BrN2O.C2H6/c1-11(2)9-5-3-8(7-10)4-6-9;9-7-4-10-11-2-1-6(5-12)3-8(7)11;1-2/h3-6H,1-2H3;1-5H;1-2H3. The summed E-state index contributed by atoms with van der Waals surface area (Å²) in [6.07, 6.45) is 4.27. The Hall–Kier alpha value is -2.65. The van der Waals surface area contributed by atoms with Gasteiger partial charge in [0.1, 0.15) is 6.29 Å². The first kappa shape index (κ1) is 20.4. The second-order valence-electron chi connectivity index (χ2n) is 4.95. The molecular formula is C19H21BrN4O. The highest BCUT2D eigenvalue weighted by Gasteiger charge is 2.00. The first-order valence-electron chi connectivity index (χ1n) is 7.80. The number of carbonyl (C=O) groups is 1. The minimum Gasteiger partial charge on any atom is -0.378 e. The highest BCUT2D eigenvalue weighted by molar-refractivity contribution is 9.10. The maximum atomic E-state index is 10.4. The van der Waals surface area contributed by atoms with E-state index in [1.165, 1.54) is 0 Å². The van der Waals surface area contributed by atoms with E-state index in [0.29, 0.717) is 11.1 Å². The summed E-state index contributed by atoms with van der Waals surface area (Å²) in [5, 5.41) is 12.6. The van der Waals surface area contributed by atoms with Crippen molar-refractivity contribution in [1.82, 2.24) is 9.61 Å². The van der Waals surface area contributed by atoms with Gasteiger partial charge in [-0.2, -0.15) is 10.4 Å². The summed E-state index contributed by atoms with van der Waals surface area (Å²) in [6.45, 7) is 4.00. The van der Waals surface area contributed by atoms with Crippen LogP contribution in [0.1, 0.15) is 29.8 Å². The highest BCUT2D eigenvalue weighted by atomic mass is 79.9. The van der Waals surface area contributed by atoms with E-state index in [-0.39, 0.29) is 0 Å². The lowest BCUT2D eigenvalue weighted by molar-refractivity contribution is 0.112. The van der Waals surface area contributed by atoms with E-state index in [1.54, 1.807) is 29.0 Å². The molecule has 0 saturated carbocycles. The Balaban J connectivity index is 0.000000229. The minimum atomic E-state index is 0.656. The molecule has 0 radical (unpaired) electrons. The van der Waals surface area contributed by atoms with Crippen LogP contribution in [0.3, 0.4) is 0 Å². The monoisotopic (exact) mass is 400 g/mol. The van der Waals surface area contributed by atoms with Gasteiger partial charge in [0.15, 0.2) is 0 Å². The summed E-state index contributed by atoms with van der Waals surface area (Å²) in [7, 11) is 3.95. The summed E-state index contributed by atoms with van der Waals surface area (Å²) >= 11 is 3.33. The van der Waals surface area contributed by atoms with Crippen LogP contribution in [0.4, 0.5) is 5.69 Å². The fraction of sp³-hybridized carbons (Fsp3) is 0.211. The molecule has 0 fully saturated rings. The smallest absolute Gasteiger partial charge is 0.150 e. The van der Waals surface area contributed by atoms with Crippen molar-refractivity contribution >= 4 is 33.4 Å². The molecule has 0 N–H and O–H groups in total. The van der Waals surface area contributed by atoms with Crippen LogP contribution in [0, 0.1) is 11.3 Å². The lowest BCUT2D eigenvalue weighted by Crippen LogP contribution is -2.07. The molecule has 0 atom stereocenters. The van der Waals surface area contributed by atoms with Crippen LogP contribution in [0.5, 0.6) is 0 Å². The number of nitrogens with zero attached hydrogens (tertiary/aromatic N) is 4. The van der Waals surface area contributed by atoms with Crippen molar-refractivity contribution in [3.63, 3.8) is 0 Å². The molecular weight excluding hydrogens is 380 g/mol. The summed E-state index contributed by atoms with van der Waals surface area (Å²) in [4.78, 5) is 12.4. The van der Waals surface area contributed by atoms with Gasteiger partial charge in [0.25, 0.3) is 0 Å². The predicted octanol–water partition coefficient (Wildman–Crippen LogP) is 4.56. The van der Waals surface area contributed by atoms with Gasteiger partial charge in [-0.15, -0.1) is 0 Å². The summed E-state index contributed by atoms with van der Waals surface area (Å²) in [6, 6.07) is 13.1. The van der Waals surface area contributed by atoms with Crippen LogP contribution in [0.15, 0.2) is 53.3 Å². The lowest BCUT2D eigenvalue weighted by Gasteiger charge is -2.11. The van der Waals surface area contributed by atoms with Gasteiger partial charge < -0.3 is 4.90 Å². The van der Waals surface area contributed by atoms with E-state index < -0.39 is 0 Å². The van der Waals surface area contributed by atoms with Crippen LogP contribution in [-0.4, -0.2) is 30.0 Å². The van der Waals surface area contributed by atoms with E-state index in [2.05, 4.69) is 27.1 Å². The zero-order valence-corrected chi connectivity index (χ0v) is 16.4. The Morgan fingerprint density at radius 1 is 1.20 bits per heavy atom. The molecule has 0 amide bonds. The second-order valence-corrected chi connectivity index (χ2v) is 5.81. The topological polar surface area (TPSA) is 61.4 Å². The van der Waals surface area contributed by atoms with Crippen molar-refractivity contribution < 1.29 is 4.79 Å². The molecule has 3 rings (SSSR count). The molecule has 0 saturated heterocycles. The zero-order valence-electron chi connectivity index (χ0n) is 14.8. The zero-order chi connectivity index (χ0) is 18.8. The fourth-order valence-electron chi connectivity index (χ4n) is 1.87. The molecule has 6 heteroatoms. The quantitative estimate of drug-likeness (QED) is 0.591. The Morgan fingerprint density at radius 3 is 2.36 bits per heavy atom. The number of hydrogen-bond donors (Lipinski definition) is 0. The molecule has 0 bridgehead atoms. The maximum Gasteiger partial charge on any atom is 0.150 e. The molecule has 25 heavy (non-hydrogen) atoms. The number of anilines is 1. The predicted molar refractivity (Wildman–Crippen MR) is 105 cm³/mol. The van der Waals surface area contributed by atoms with Gasteiger partial charge in [0.05, 0.1) is 27.8 Å². The molecule has 0 aliphatic rings.